The Morgan fingerprint density at radius 3 is 2.22 bits per heavy atom. The summed E-state index contributed by atoms with van der Waals surface area (Å²) >= 11 is 0. The first kappa shape index (κ1) is 8.24. The Hall–Kier alpha value is -0.760. The standard InChI is InChI=1S/C7H14N2/c1-5-7(4)9(8)6(2)3/h5-6H,1,4,8H2,2-3H3. The fourth-order valence-corrected chi connectivity index (χ4v) is 0.437. The highest BCUT2D eigenvalue weighted by atomic mass is 15.4. The predicted molar refractivity (Wildman–Crippen MR) is 40.5 cm³/mol. The van der Waals surface area contributed by atoms with E-state index in [-0.39, 0.29) is 6.04 Å². The molecule has 52 valence electrons. The normalized spacial score (nSPS) is 9.33. The van der Waals surface area contributed by atoms with Crippen LogP contribution in [0.3, 0.4) is 0 Å². The second-order valence-electron chi connectivity index (χ2n) is 2.20. The van der Waals surface area contributed by atoms with Gasteiger partial charge in [0.2, 0.25) is 0 Å². The summed E-state index contributed by atoms with van der Waals surface area (Å²) in [7, 11) is 0. The van der Waals surface area contributed by atoms with E-state index < -0.39 is 0 Å². The van der Waals surface area contributed by atoms with Crippen molar-refractivity contribution >= 4 is 0 Å². The molecule has 2 nitrogen and oxygen atoms in total. The van der Waals surface area contributed by atoms with Crippen LogP contribution >= 0.6 is 0 Å². The fraction of sp³-hybridized carbons (Fsp3) is 0.429. The second-order valence-corrected chi connectivity index (χ2v) is 2.20. The Morgan fingerprint density at radius 1 is 1.67 bits per heavy atom. The molecule has 0 aromatic heterocycles. The van der Waals surface area contributed by atoms with E-state index in [0.717, 1.165) is 5.70 Å². The summed E-state index contributed by atoms with van der Waals surface area (Å²) in [6.07, 6.45) is 1.64. The summed E-state index contributed by atoms with van der Waals surface area (Å²) < 4.78 is 0. The maximum atomic E-state index is 5.53. The van der Waals surface area contributed by atoms with E-state index in [2.05, 4.69) is 13.2 Å². The zero-order valence-electron chi connectivity index (χ0n) is 6.09. The average molecular weight is 126 g/mol. The van der Waals surface area contributed by atoms with E-state index in [1.54, 1.807) is 11.1 Å². The summed E-state index contributed by atoms with van der Waals surface area (Å²) in [6.45, 7) is 11.2. The van der Waals surface area contributed by atoms with Gasteiger partial charge in [-0.1, -0.05) is 13.2 Å². The zero-order chi connectivity index (χ0) is 7.44. The van der Waals surface area contributed by atoms with E-state index in [9.17, 15) is 0 Å². The van der Waals surface area contributed by atoms with Crippen molar-refractivity contribution in [3.63, 3.8) is 0 Å². The van der Waals surface area contributed by atoms with E-state index in [0.29, 0.717) is 0 Å². The van der Waals surface area contributed by atoms with Gasteiger partial charge in [0.15, 0.2) is 0 Å². The summed E-state index contributed by atoms with van der Waals surface area (Å²) in [5.74, 6) is 5.53. The van der Waals surface area contributed by atoms with Gasteiger partial charge in [0.05, 0.1) is 0 Å². The Morgan fingerprint density at radius 2 is 2.11 bits per heavy atom. The largest absolute Gasteiger partial charge is 0.309 e. The maximum absolute atomic E-state index is 5.53. The number of hydrogen-bond donors (Lipinski definition) is 1. The molecule has 9 heavy (non-hydrogen) atoms. The van der Waals surface area contributed by atoms with Gasteiger partial charge in [0.25, 0.3) is 0 Å². The van der Waals surface area contributed by atoms with Crippen LogP contribution < -0.4 is 5.84 Å². The van der Waals surface area contributed by atoms with Crippen LogP contribution in [0.1, 0.15) is 13.8 Å². The van der Waals surface area contributed by atoms with Gasteiger partial charge in [-0.3, -0.25) is 0 Å². The van der Waals surface area contributed by atoms with Crippen LogP contribution in [0.2, 0.25) is 0 Å². The van der Waals surface area contributed by atoms with Crippen molar-refractivity contribution in [2.24, 2.45) is 5.84 Å². The Labute approximate surface area is 56.6 Å². The van der Waals surface area contributed by atoms with Crippen molar-refractivity contribution in [3.05, 3.63) is 24.9 Å². The fourth-order valence-electron chi connectivity index (χ4n) is 0.437. The van der Waals surface area contributed by atoms with Crippen LogP contribution in [0.4, 0.5) is 0 Å². The van der Waals surface area contributed by atoms with E-state index in [4.69, 9.17) is 5.84 Å². The molecule has 2 heteroatoms. The number of nitrogens with two attached hydrogens (primary N) is 1. The van der Waals surface area contributed by atoms with Gasteiger partial charge in [-0.2, -0.15) is 0 Å². The van der Waals surface area contributed by atoms with E-state index in [1.807, 2.05) is 13.8 Å². The highest BCUT2D eigenvalue weighted by Crippen LogP contribution is 2.00. The summed E-state index contributed by atoms with van der Waals surface area (Å²) in [5, 5.41) is 1.58. The quantitative estimate of drug-likeness (QED) is 0.350. The number of rotatable bonds is 3. The first-order chi connectivity index (χ1) is 4.09. The third-order valence-electron chi connectivity index (χ3n) is 1.12. The summed E-state index contributed by atoms with van der Waals surface area (Å²) in [5.41, 5.74) is 0.755. The molecule has 0 aliphatic heterocycles. The molecule has 0 saturated heterocycles. The smallest absolute Gasteiger partial charge is 0.0442 e. The van der Waals surface area contributed by atoms with Crippen molar-refractivity contribution in [1.82, 2.24) is 5.01 Å². The molecule has 0 aliphatic rings. The van der Waals surface area contributed by atoms with Gasteiger partial charge < -0.3 is 5.01 Å². The molecule has 0 aromatic rings. The van der Waals surface area contributed by atoms with Crippen molar-refractivity contribution in [1.29, 1.82) is 0 Å². The van der Waals surface area contributed by atoms with Crippen LogP contribution in [0.15, 0.2) is 24.9 Å². The van der Waals surface area contributed by atoms with E-state index in [1.165, 1.54) is 0 Å². The number of allylic oxidation sites excluding steroid dienone is 1. The Kier molecular flexibility index (Phi) is 3.02. The molecule has 2 N–H and O–H groups in total. The van der Waals surface area contributed by atoms with Gasteiger partial charge >= 0.3 is 0 Å². The molecule has 0 aromatic carbocycles. The predicted octanol–water partition coefficient (Wildman–Crippen LogP) is 1.27. The van der Waals surface area contributed by atoms with Crippen molar-refractivity contribution in [2.75, 3.05) is 0 Å². The maximum Gasteiger partial charge on any atom is 0.0442 e. The minimum absolute atomic E-state index is 0.287. The molecular formula is C7H14N2. The van der Waals surface area contributed by atoms with E-state index >= 15 is 0 Å². The third kappa shape index (κ3) is 2.33. The lowest BCUT2D eigenvalue weighted by molar-refractivity contribution is 0.304. The number of hydrogen-bond acceptors (Lipinski definition) is 2. The molecule has 0 spiro atoms. The van der Waals surface area contributed by atoms with Crippen LogP contribution in [0, 0.1) is 0 Å². The topological polar surface area (TPSA) is 29.3 Å². The van der Waals surface area contributed by atoms with Crippen LogP contribution in [-0.2, 0) is 0 Å². The third-order valence-corrected chi connectivity index (χ3v) is 1.12. The van der Waals surface area contributed by atoms with Crippen molar-refractivity contribution < 1.29 is 0 Å². The zero-order valence-corrected chi connectivity index (χ0v) is 6.09. The summed E-state index contributed by atoms with van der Waals surface area (Å²) in [6, 6.07) is 0.287. The minimum atomic E-state index is 0.287. The monoisotopic (exact) mass is 126 g/mol. The lowest BCUT2D eigenvalue weighted by Gasteiger charge is -2.22. The van der Waals surface area contributed by atoms with Gasteiger partial charge in [-0.05, 0) is 19.9 Å². The average Bonchev–Trinajstić information content (AvgIpc) is 1.84. The van der Waals surface area contributed by atoms with Crippen LogP contribution in [0.5, 0.6) is 0 Å². The Balaban J connectivity index is 3.87. The van der Waals surface area contributed by atoms with Gasteiger partial charge in [0, 0.05) is 11.7 Å². The molecule has 0 aliphatic carbocycles. The molecule has 0 saturated carbocycles. The molecule has 0 atom stereocenters. The van der Waals surface area contributed by atoms with Crippen molar-refractivity contribution in [2.45, 2.75) is 19.9 Å². The molecule has 0 radical (unpaired) electrons. The van der Waals surface area contributed by atoms with Gasteiger partial charge in [-0.15, -0.1) is 0 Å². The highest BCUT2D eigenvalue weighted by Gasteiger charge is 2.01. The number of hydrazine groups is 1. The van der Waals surface area contributed by atoms with Gasteiger partial charge in [-0.25, -0.2) is 5.84 Å². The second kappa shape index (κ2) is 3.30. The number of nitrogens with zero attached hydrogens (tertiary/aromatic N) is 1. The molecule has 0 bridgehead atoms. The highest BCUT2D eigenvalue weighted by molar-refractivity contribution is 5.08. The van der Waals surface area contributed by atoms with Crippen LogP contribution in [0.25, 0.3) is 0 Å². The molecule has 0 heterocycles. The summed E-state index contributed by atoms with van der Waals surface area (Å²) in [4.78, 5) is 0. The molecule has 0 amide bonds. The van der Waals surface area contributed by atoms with Gasteiger partial charge in [0.1, 0.15) is 0 Å². The molecule has 0 fully saturated rings. The molecule has 0 rings (SSSR count). The van der Waals surface area contributed by atoms with Crippen LogP contribution in [-0.4, -0.2) is 11.1 Å². The lowest BCUT2D eigenvalue weighted by atomic mass is 10.3. The Bertz CT molecular complexity index is 116. The molecular weight excluding hydrogens is 112 g/mol. The first-order valence-electron chi connectivity index (χ1n) is 2.95. The van der Waals surface area contributed by atoms with Crippen molar-refractivity contribution in [3.8, 4) is 0 Å². The first-order valence-corrected chi connectivity index (χ1v) is 2.95. The lowest BCUT2D eigenvalue weighted by Crippen LogP contribution is -2.35. The SMILES string of the molecule is C=CC(=C)N(N)C(C)C. The molecule has 0 unspecified atom stereocenters. The minimum Gasteiger partial charge on any atom is -0.309 e.